The van der Waals surface area contributed by atoms with Crippen LogP contribution in [0.2, 0.25) is 0 Å². The van der Waals surface area contributed by atoms with Crippen molar-refractivity contribution in [3.8, 4) is 11.3 Å². The minimum atomic E-state index is -1.29. The highest BCUT2D eigenvalue weighted by Gasteiger charge is 2.16. The number of anilines is 1. The van der Waals surface area contributed by atoms with Crippen molar-refractivity contribution in [1.29, 1.82) is 0 Å². The van der Waals surface area contributed by atoms with Crippen molar-refractivity contribution in [1.82, 2.24) is 9.97 Å². The molecule has 8 heteroatoms. The Morgan fingerprint density at radius 3 is 2.59 bits per heavy atom. The van der Waals surface area contributed by atoms with Crippen molar-refractivity contribution >= 4 is 11.9 Å². The van der Waals surface area contributed by atoms with Gasteiger partial charge in [0.1, 0.15) is 17.2 Å². The minimum absolute atomic E-state index is 0.0205. The number of carboxylic acid groups (broad SMARTS) is 1. The van der Waals surface area contributed by atoms with Gasteiger partial charge in [-0.1, -0.05) is 0 Å². The van der Waals surface area contributed by atoms with Crippen LogP contribution in [0.25, 0.3) is 11.3 Å². The summed E-state index contributed by atoms with van der Waals surface area (Å²) in [6, 6.07) is 2.72. The van der Waals surface area contributed by atoms with Gasteiger partial charge in [0.15, 0.2) is 0 Å². The lowest BCUT2D eigenvalue weighted by atomic mass is 10.1. The number of nitrogens with zero attached hydrogens (tertiary/aromatic N) is 2. The highest BCUT2D eigenvalue weighted by atomic mass is 19.1. The van der Waals surface area contributed by atoms with Gasteiger partial charge >= 0.3 is 5.97 Å². The maximum absolute atomic E-state index is 13.3. The van der Waals surface area contributed by atoms with Crippen molar-refractivity contribution < 1.29 is 23.4 Å². The van der Waals surface area contributed by atoms with Gasteiger partial charge in [-0.05, 0) is 12.1 Å². The number of ether oxygens (including phenoxy) is 1. The maximum atomic E-state index is 13.3. The van der Waals surface area contributed by atoms with E-state index in [1.165, 1.54) is 7.11 Å². The van der Waals surface area contributed by atoms with Crippen LogP contribution in [-0.2, 0) is 4.74 Å². The van der Waals surface area contributed by atoms with Crippen LogP contribution in [0.4, 0.5) is 14.7 Å². The Morgan fingerprint density at radius 1 is 1.32 bits per heavy atom. The molecule has 0 unspecified atom stereocenters. The van der Waals surface area contributed by atoms with E-state index in [4.69, 9.17) is 9.84 Å². The molecule has 0 atom stereocenters. The third-order valence-electron chi connectivity index (χ3n) is 2.74. The molecule has 2 aromatic rings. The van der Waals surface area contributed by atoms with E-state index in [-0.39, 0.29) is 22.8 Å². The molecule has 2 rings (SSSR count). The predicted molar refractivity (Wildman–Crippen MR) is 74.7 cm³/mol. The average Bonchev–Trinajstić information content (AvgIpc) is 2.46. The third kappa shape index (κ3) is 3.73. The van der Waals surface area contributed by atoms with Gasteiger partial charge in [0, 0.05) is 31.5 Å². The van der Waals surface area contributed by atoms with Gasteiger partial charge in [-0.15, -0.1) is 0 Å². The van der Waals surface area contributed by atoms with Crippen LogP contribution in [0.15, 0.2) is 24.4 Å². The van der Waals surface area contributed by atoms with E-state index < -0.39 is 17.6 Å². The Labute approximate surface area is 124 Å². The van der Waals surface area contributed by atoms with Crippen molar-refractivity contribution in [2.24, 2.45) is 0 Å². The number of hydrogen-bond acceptors (Lipinski definition) is 5. The molecule has 0 saturated carbocycles. The van der Waals surface area contributed by atoms with Crippen LogP contribution in [0.5, 0.6) is 0 Å². The number of aromatic carboxylic acids is 1. The fourth-order valence-electron chi connectivity index (χ4n) is 1.80. The molecule has 6 nitrogen and oxygen atoms in total. The fraction of sp³-hybridized carbons (Fsp3) is 0.214. The zero-order valence-corrected chi connectivity index (χ0v) is 11.6. The van der Waals surface area contributed by atoms with E-state index in [1.807, 2.05) is 0 Å². The van der Waals surface area contributed by atoms with Crippen LogP contribution in [0.3, 0.4) is 0 Å². The Morgan fingerprint density at radius 2 is 2.00 bits per heavy atom. The molecule has 0 aliphatic carbocycles. The fourth-order valence-corrected chi connectivity index (χ4v) is 1.80. The van der Waals surface area contributed by atoms with E-state index >= 15 is 0 Å². The maximum Gasteiger partial charge on any atom is 0.339 e. The van der Waals surface area contributed by atoms with E-state index in [1.54, 1.807) is 0 Å². The largest absolute Gasteiger partial charge is 0.478 e. The predicted octanol–water partition coefficient (Wildman–Crippen LogP) is 2.18. The summed E-state index contributed by atoms with van der Waals surface area (Å²) in [4.78, 5) is 19.1. The molecule has 0 aliphatic heterocycles. The summed E-state index contributed by atoms with van der Waals surface area (Å²) in [5.74, 6) is -2.79. The number of aromatic nitrogens is 2. The van der Waals surface area contributed by atoms with E-state index in [0.717, 1.165) is 18.3 Å². The Bertz CT molecular complexity index is 675. The third-order valence-corrected chi connectivity index (χ3v) is 2.74. The lowest BCUT2D eigenvalue weighted by molar-refractivity contribution is 0.0697. The number of halogens is 2. The molecule has 0 bridgehead atoms. The van der Waals surface area contributed by atoms with E-state index in [2.05, 4.69) is 15.3 Å². The normalized spacial score (nSPS) is 10.5. The number of carbonyl (C=O) groups is 1. The van der Waals surface area contributed by atoms with Crippen molar-refractivity contribution in [2.45, 2.75) is 0 Å². The van der Waals surface area contributed by atoms with Crippen molar-refractivity contribution in [2.75, 3.05) is 25.6 Å². The molecule has 22 heavy (non-hydrogen) atoms. The highest BCUT2D eigenvalue weighted by Crippen LogP contribution is 2.24. The van der Waals surface area contributed by atoms with Crippen LogP contribution in [-0.4, -0.2) is 41.3 Å². The molecule has 0 fully saturated rings. The summed E-state index contributed by atoms with van der Waals surface area (Å²) in [6.45, 7) is 0.799. The Kier molecular flexibility index (Phi) is 4.95. The van der Waals surface area contributed by atoms with Crippen LogP contribution in [0.1, 0.15) is 10.4 Å². The zero-order chi connectivity index (χ0) is 16.1. The van der Waals surface area contributed by atoms with Crippen LogP contribution in [0, 0.1) is 11.6 Å². The summed E-state index contributed by atoms with van der Waals surface area (Å²) in [7, 11) is 1.52. The first kappa shape index (κ1) is 15.8. The number of rotatable bonds is 6. The topological polar surface area (TPSA) is 84.3 Å². The molecule has 0 saturated heterocycles. The SMILES string of the molecule is COCCNc1ncc(C(=O)O)c(-c2cc(F)cc(F)c2)n1. The Hall–Kier alpha value is -2.61. The second kappa shape index (κ2) is 6.90. The van der Waals surface area contributed by atoms with Gasteiger partial charge in [-0.3, -0.25) is 0 Å². The summed E-state index contributed by atoms with van der Waals surface area (Å²) in [5.41, 5.74) is -0.296. The minimum Gasteiger partial charge on any atom is -0.478 e. The van der Waals surface area contributed by atoms with Gasteiger partial charge in [0.05, 0.1) is 12.3 Å². The van der Waals surface area contributed by atoms with E-state index in [9.17, 15) is 13.6 Å². The average molecular weight is 309 g/mol. The standard InChI is InChI=1S/C14H13F2N3O3/c1-22-3-2-17-14-18-7-11(13(20)21)12(19-14)8-4-9(15)6-10(16)5-8/h4-7H,2-3H2,1H3,(H,20,21)(H,17,18,19). The summed E-state index contributed by atoms with van der Waals surface area (Å²) < 4.78 is 31.5. The molecule has 116 valence electrons. The number of methoxy groups -OCH3 is 1. The number of hydrogen-bond donors (Lipinski definition) is 2. The molecule has 0 radical (unpaired) electrons. The van der Waals surface area contributed by atoms with Gasteiger partial charge in [0.2, 0.25) is 5.95 Å². The first-order valence-corrected chi connectivity index (χ1v) is 6.31. The van der Waals surface area contributed by atoms with Gasteiger partial charge < -0.3 is 15.2 Å². The highest BCUT2D eigenvalue weighted by molar-refractivity contribution is 5.94. The smallest absolute Gasteiger partial charge is 0.339 e. The summed E-state index contributed by atoms with van der Waals surface area (Å²) >= 11 is 0. The lowest BCUT2D eigenvalue weighted by Crippen LogP contribution is -2.12. The summed E-state index contributed by atoms with van der Waals surface area (Å²) in [5, 5.41) is 12.0. The quantitative estimate of drug-likeness (QED) is 0.796. The van der Waals surface area contributed by atoms with Crippen molar-refractivity contribution in [3.05, 3.63) is 41.6 Å². The first-order valence-electron chi connectivity index (χ1n) is 6.31. The van der Waals surface area contributed by atoms with Crippen LogP contribution < -0.4 is 5.32 Å². The molecule has 1 aromatic heterocycles. The molecular formula is C14H13F2N3O3. The number of carboxylic acids is 1. The molecule has 0 amide bonds. The number of benzene rings is 1. The second-order valence-corrected chi connectivity index (χ2v) is 4.34. The molecule has 0 spiro atoms. The number of nitrogens with one attached hydrogen (secondary N) is 1. The van der Waals surface area contributed by atoms with E-state index in [0.29, 0.717) is 19.2 Å². The van der Waals surface area contributed by atoms with Gasteiger partial charge in [-0.25, -0.2) is 23.5 Å². The van der Waals surface area contributed by atoms with Crippen LogP contribution >= 0.6 is 0 Å². The second-order valence-electron chi connectivity index (χ2n) is 4.34. The van der Waals surface area contributed by atoms with Crippen molar-refractivity contribution in [3.63, 3.8) is 0 Å². The molecule has 2 N–H and O–H groups in total. The van der Waals surface area contributed by atoms with Gasteiger partial charge in [0.25, 0.3) is 0 Å². The lowest BCUT2D eigenvalue weighted by Gasteiger charge is -2.09. The molecule has 1 aromatic carbocycles. The molecule has 0 aliphatic rings. The van der Waals surface area contributed by atoms with Gasteiger partial charge in [-0.2, -0.15) is 0 Å². The first-order chi connectivity index (χ1) is 10.5. The Balaban J connectivity index is 2.45. The monoisotopic (exact) mass is 309 g/mol. The zero-order valence-electron chi connectivity index (χ0n) is 11.6. The molecule has 1 heterocycles. The summed E-state index contributed by atoms with van der Waals surface area (Å²) in [6.07, 6.45) is 1.09. The molecular weight excluding hydrogens is 296 g/mol.